The van der Waals surface area contributed by atoms with Crippen molar-refractivity contribution < 1.29 is 4.74 Å². The summed E-state index contributed by atoms with van der Waals surface area (Å²) in [6.45, 7) is 1.87. The molecular weight excluding hydrogens is 300 g/mol. The summed E-state index contributed by atoms with van der Waals surface area (Å²) in [5.41, 5.74) is 1.25. The van der Waals surface area contributed by atoms with Crippen LogP contribution in [0.4, 0.5) is 0 Å². The molecule has 1 saturated heterocycles. The largest absolute Gasteiger partial charge is 0.496 e. The second-order valence-electron chi connectivity index (χ2n) is 5.73. The van der Waals surface area contributed by atoms with Crippen LogP contribution in [0.1, 0.15) is 31.2 Å². The second kappa shape index (κ2) is 6.99. The molecule has 0 spiro atoms. The third kappa shape index (κ3) is 3.52. The zero-order chi connectivity index (χ0) is 14.7. The van der Waals surface area contributed by atoms with Crippen molar-refractivity contribution in [1.29, 1.82) is 0 Å². The molecule has 1 heterocycles. The molecule has 5 heteroatoms. The zero-order valence-electron chi connectivity index (χ0n) is 12.5. The standard InChI is InChI=1S/C16H22N2OS2/c1-19-15-9-5-2-6-13(15)10-17-11-18(16(20)21-12-17)14-7-3-4-8-14/h2,5-6,9,14H,3-4,7-8,10-12H2,1H3. The first-order valence-electron chi connectivity index (χ1n) is 7.55. The van der Waals surface area contributed by atoms with Crippen LogP contribution in [-0.2, 0) is 6.54 Å². The minimum atomic E-state index is 0.658. The van der Waals surface area contributed by atoms with E-state index in [1.165, 1.54) is 31.2 Å². The molecule has 0 unspecified atom stereocenters. The van der Waals surface area contributed by atoms with Crippen LogP contribution in [0, 0.1) is 0 Å². The van der Waals surface area contributed by atoms with Gasteiger partial charge in [-0.3, -0.25) is 4.90 Å². The van der Waals surface area contributed by atoms with Gasteiger partial charge in [-0.15, -0.1) is 0 Å². The zero-order valence-corrected chi connectivity index (χ0v) is 14.1. The summed E-state index contributed by atoms with van der Waals surface area (Å²) in [7, 11) is 1.74. The molecule has 114 valence electrons. The van der Waals surface area contributed by atoms with Crippen molar-refractivity contribution in [2.45, 2.75) is 38.3 Å². The Morgan fingerprint density at radius 3 is 2.81 bits per heavy atom. The molecule has 2 aliphatic rings. The number of benzene rings is 1. The number of thiocarbonyl (C=S) groups is 1. The topological polar surface area (TPSA) is 15.7 Å². The highest BCUT2D eigenvalue weighted by molar-refractivity contribution is 8.22. The highest BCUT2D eigenvalue weighted by atomic mass is 32.2. The SMILES string of the molecule is COc1ccccc1CN1CSC(=S)N(C2CCCC2)C1. The van der Waals surface area contributed by atoms with Crippen molar-refractivity contribution in [2.75, 3.05) is 19.7 Å². The molecule has 0 N–H and O–H groups in total. The number of thioether (sulfide) groups is 1. The molecule has 3 nitrogen and oxygen atoms in total. The molecule has 0 aromatic heterocycles. The molecule has 0 amide bonds. The van der Waals surface area contributed by atoms with E-state index in [1.54, 1.807) is 18.9 Å². The number of ether oxygens (including phenoxy) is 1. The number of hydrogen-bond donors (Lipinski definition) is 0. The fourth-order valence-corrected chi connectivity index (χ4v) is 4.40. The quantitative estimate of drug-likeness (QED) is 0.783. The lowest BCUT2D eigenvalue weighted by molar-refractivity contribution is 0.169. The van der Waals surface area contributed by atoms with Crippen LogP contribution in [0.15, 0.2) is 24.3 Å². The molecular formula is C16H22N2OS2. The lowest BCUT2D eigenvalue weighted by atomic mass is 10.2. The van der Waals surface area contributed by atoms with Crippen LogP contribution in [0.3, 0.4) is 0 Å². The van der Waals surface area contributed by atoms with Gasteiger partial charge in [-0.05, 0) is 18.9 Å². The van der Waals surface area contributed by atoms with Crippen LogP contribution in [0.2, 0.25) is 0 Å². The van der Waals surface area contributed by atoms with Crippen molar-refractivity contribution >= 4 is 28.3 Å². The van der Waals surface area contributed by atoms with Gasteiger partial charge >= 0.3 is 0 Å². The number of rotatable bonds is 4. The summed E-state index contributed by atoms with van der Waals surface area (Å²) in [5.74, 6) is 1.95. The van der Waals surface area contributed by atoms with Crippen LogP contribution in [-0.4, -0.2) is 39.8 Å². The Labute approximate surface area is 136 Å². The van der Waals surface area contributed by atoms with Crippen molar-refractivity contribution in [3.05, 3.63) is 29.8 Å². The Morgan fingerprint density at radius 2 is 2.05 bits per heavy atom. The van der Waals surface area contributed by atoms with Crippen LogP contribution >= 0.6 is 24.0 Å². The first-order valence-corrected chi connectivity index (χ1v) is 8.95. The first-order chi connectivity index (χ1) is 10.3. The van der Waals surface area contributed by atoms with Gasteiger partial charge < -0.3 is 9.64 Å². The average Bonchev–Trinajstić information content (AvgIpc) is 3.04. The summed E-state index contributed by atoms with van der Waals surface area (Å²) in [4.78, 5) is 4.89. The molecule has 1 aromatic carbocycles. The van der Waals surface area contributed by atoms with E-state index < -0.39 is 0 Å². The molecule has 1 saturated carbocycles. The Hall–Kier alpha value is -0.780. The summed E-state index contributed by atoms with van der Waals surface area (Å²) >= 11 is 7.36. The van der Waals surface area contributed by atoms with Crippen molar-refractivity contribution in [3.8, 4) is 5.75 Å². The smallest absolute Gasteiger partial charge is 0.138 e. The molecule has 1 aliphatic carbocycles. The summed E-state index contributed by atoms with van der Waals surface area (Å²) in [5, 5.41) is 0. The van der Waals surface area contributed by atoms with Gasteiger partial charge in [0, 0.05) is 18.2 Å². The molecule has 2 fully saturated rings. The van der Waals surface area contributed by atoms with Crippen LogP contribution in [0.25, 0.3) is 0 Å². The van der Waals surface area contributed by atoms with Gasteiger partial charge in [0.1, 0.15) is 10.1 Å². The van der Waals surface area contributed by atoms with Crippen molar-refractivity contribution in [1.82, 2.24) is 9.80 Å². The monoisotopic (exact) mass is 322 g/mol. The minimum absolute atomic E-state index is 0.658. The minimum Gasteiger partial charge on any atom is -0.496 e. The Morgan fingerprint density at radius 1 is 1.29 bits per heavy atom. The van der Waals surface area contributed by atoms with Gasteiger partial charge in [0.15, 0.2) is 0 Å². The lowest BCUT2D eigenvalue weighted by Gasteiger charge is -2.40. The van der Waals surface area contributed by atoms with Gasteiger partial charge in [-0.1, -0.05) is 55.0 Å². The normalized spacial score (nSPS) is 21.0. The Bertz CT molecular complexity index is 503. The second-order valence-corrected chi connectivity index (χ2v) is 7.31. The third-order valence-electron chi connectivity index (χ3n) is 4.31. The number of methoxy groups -OCH3 is 1. The van der Waals surface area contributed by atoms with E-state index >= 15 is 0 Å². The third-order valence-corrected chi connectivity index (χ3v) is 5.87. The van der Waals surface area contributed by atoms with Crippen LogP contribution < -0.4 is 4.74 Å². The maximum atomic E-state index is 5.57. The Kier molecular flexibility index (Phi) is 5.03. The van der Waals surface area contributed by atoms with Gasteiger partial charge in [-0.25, -0.2) is 0 Å². The average molecular weight is 322 g/mol. The lowest BCUT2D eigenvalue weighted by Crippen LogP contribution is -2.48. The van der Waals surface area contributed by atoms with E-state index in [-0.39, 0.29) is 0 Å². The number of hydrogen-bond acceptors (Lipinski definition) is 4. The van der Waals surface area contributed by atoms with E-state index in [4.69, 9.17) is 17.0 Å². The fourth-order valence-electron chi connectivity index (χ4n) is 3.19. The van der Waals surface area contributed by atoms with Gasteiger partial charge in [-0.2, -0.15) is 0 Å². The molecule has 0 radical (unpaired) electrons. The van der Waals surface area contributed by atoms with E-state index in [0.717, 1.165) is 29.2 Å². The van der Waals surface area contributed by atoms with Gasteiger partial charge in [0.2, 0.25) is 0 Å². The van der Waals surface area contributed by atoms with Crippen molar-refractivity contribution in [2.24, 2.45) is 0 Å². The summed E-state index contributed by atoms with van der Waals surface area (Å²) in [6, 6.07) is 8.94. The van der Waals surface area contributed by atoms with E-state index in [0.29, 0.717) is 6.04 Å². The predicted octanol–water partition coefficient (Wildman–Crippen LogP) is 3.69. The van der Waals surface area contributed by atoms with Gasteiger partial charge in [0.05, 0.1) is 19.7 Å². The van der Waals surface area contributed by atoms with Gasteiger partial charge in [0.25, 0.3) is 0 Å². The molecule has 0 atom stereocenters. The maximum Gasteiger partial charge on any atom is 0.138 e. The molecule has 3 rings (SSSR count). The Balaban J connectivity index is 1.67. The maximum absolute atomic E-state index is 5.57. The molecule has 0 bridgehead atoms. The van der Waals surface area contributed by atoms with E-state index in [1.807, 2.05) is 12.1 Å². The van der Waals surface area contributed by atoms with E-state index in [9.17, 15) is 0 Å². The number of nitrogens with zero attached hydrogens (tertiary/aromatic N) is 2. The van der Waals surface area contributed by atoms with Crippen LogP contribution in [0.5, 0.6) is 5.75 Å². The highest BCUT2D eigenvalue weighted by Crippen LogP contribution is 2.30. The fraction of sp³-hybridized carbons (Fsp3) is 0.562. The first kappa shape index (κ1) is 15.1. The molecule has 1 aromatic rings. The number of para-hydroxylation sites is 1. The van der Waals surface area contributed by atoms with Crippen molar-refractivity contribution in [3.63, 3.8) is 0 Å². The summed E-state index contributed by atoms with van der Waals surface area (Å²) in [6.07, 6.45) is 5.29. The highest BCUT2D eigenvalue weighted by Gasteiger charge is 2.29. The molecule has 1 aliphatic heterocycles. The molecule has 21 heavy (non-hydrogen) atoms. The predicted molar refractivity (Wildman–Crippen MR) is 92.6 cm³/mol. The van der Waals surface area contributed by atoms with E-state index in [2.05, 4.69) is 21.9 Å². The summed E-state index contributed by atoms with van der Waals surface area (Å²) < 4.78 is 6.54.